The highest BCUT2D eigenvalue weighted by Gasteiger charge is 2.27. The molecule has 10 heteroatoms. The van der Waals surface area contributed by atoms with Crippen LogP contribution in [0.3, 0.4) is 0 Å². The van der Waals surface area contributed by atoms with Crippen LogP contribution in [0.15, 0.2) is 22.4 Å². The van der Waals surface area contributed by atoms with Gasteiger partial charge in [0.15, 0.2) is 0 Å². The maximum atomic E-state index is 11.9. The second-order valence-electron chi connectivity index (χ2n) is 4.49. The van der Waals surface area contributed by atoms with Crippen LogP contribution in [0.5, 0.6) is 0 Å². The summed E-state index contributed by atoms with van der Waals surface area (Å²) in [5, 5.41) is 19.5. The van der Waals surface area contributed by atoms with E-state index < -0.39 is 24.0 Å². The topological polar surface area (TPSA) is 104 Å². The first-order valence-corrected chi connectivity index (χ1v) is 7.86. The molecule has 24 heavy (non-hydrogen) atoms. The van der Waals surface area contributed by atoms with Crippen LogP contribution in [0.1, 0.15) is 13.8 Å². The van der Waals surface area contributed by atoms with Crippen LogP contribution in [0.25, 0.3) is 0 Å². The highest BCUT2D eigenvalue weighted by molar-refractivity contribution is 6.41. The SMILES string of the molecule is CCOC(=O)NC(=O)C(C#N)C(C)N=Nc1c(Cl)cc(Cl)cc1Cl. The molecule has 0 saturated carbocycles. The number of azo groups is 1. The summed E-state index contributed by atoms with van der Waals surface area (Å²) in [5.41, 5.74) is 0.164. The smallest absolute Gasteiger partial charge is 0.413 e. The molecular weight excluding hydrogens is 379 g/mol. The predicted octanol–water partition coefficient (Wildman–Crippen LogP) is 4.53. The zero-order valence-corrected chi connectivity index (χ0v) is 15.0. The molecular formula is C14H13Cl3N4O3. The Morgan fingerprint density at radius 2 is 1.92 bits per heavy atom. The molecule has 7 nitrogen and oxygen atoms in total. The number of carbonyl (C=O) groups excluding carboxylic acids is 2. The Morgan fingerprint density at radius 3 is 2.42 bits per heavy atom. The van der Waals surface area contributed by atoms with Gasteiger partial charge in [0.05, 0.1) is 28.8 Å². The summed E-state index contributed by atoms with van der Waals surface area (Å²) in [6, 6.07) is 3.78. The standard InChI is InChI=1S/C14H13Cl3N4O3/c1-3-24-14(23)19-13(22)9(6-18)7(2)20-21-12-10(16)4-8(15)5-11(12)17/h4-5,7,9H,3H2,1-2H3,(H,19,22,23). The Balaban J connectivity index is 2.88. The van der Waals surface area contributed by atoms with Gasteiger partial charge in [-0.1, -0.05) is 34.8 Å². The van der Waals surface area contributed by atoms with E-state index >= 15 is 0 Å². The first-order chi connectivity index (χ1) is 11.3. The van der Waals surface area contributed by atoms with Gasteiger partial charge in [-0.05, 0) is 26.0 Å². The summed E-state index contributed by atoms with van der Waals surface area (Å²) in [4.78, 5) is 23.1. The molecule has 1 aromatic carbocycles. The second kappa shape index (κ2) is 9.42. The van der Waals surface area contributed by atoms with Gasteiger partial charge in [-0.3, -0.25) is 10.1 Å². The Kier molecular flexibility index (Phi) is 7.92. The lowest BCUT2D eigenvalue weighted by molar-refractivity contribution is -0.123. The first-order valence-electron chi connectivity index (χ1n) is 6.72. The van der Waals surface area contributed by atoms with Gasteiger partial charge in [0.2, 0.25) is 5.91 Å². The van der Waals surface area contributed by atoms with Gasteiger partial charge < -0.3 is 4.74 Å². The molecule has 0 bridgehead atoms. The summed E-state index contributed by atoms with van der Waals surface area (Å²) >= 11 is 17.7. The fourth-order valence-electron chi connectivity index (χ4n) is 1.58. The number of rotatable bonds is 5. The normalized spacial score (nSPS) is 13.2. The summed E-state index contributed by atoms with van der Waals surface area (Å²) in [7, 11) is 0. The van der Waals surface area contributed by atoms with E-state index in [9.17, 15) is 9.59 Å². The molecule has 2 atom stereocenters. The monoisotopic (exact) mass is 390 g/mol. The van der Waals surface area contributed by atoms with Crippen LogP contribution in [-0.2, 0) is 9.53 Å². The minimum Gasteiger partial charge on any atom is -0.450 e. The molecule has 1 rings (SSSR count). The number of hydrogen-bond acceptors (Lipinski definition) is 6. The third-order valence-corrected chi connectivity index (χ3v) is 3.52. The van der Waals surface area contributed by atoms with Crippen molar-refractivity contribution in [1.82, 2.24) is 5.32 Å². The molecule has 0 saturated heterocycles. The number of halogens is 3. The van der Waals surface area contributed by atoms with Gasteiger partial charge in [0.1, 0.15) is 11.6 Å². The van der Waals surface area contributed by atoms with Crippen molar-refractivity contribution in [1.29, 1.82) is 5.26 Å². The number of alkyl carbamates (subject to hydrolysis) is 1. The van der Waals surface area contributed by atoms with Crippen molar-refractivity contribution >= 4 is 52.5 Å². The number of nitriles is 1. The molecule has 2 amide bonds. The molecule has 0 radical (unpaired) electrons. The molecule has 0 heterocycles. The van der Waals surface area contributed by atoms with Crippen LogP contribution >= 0.6 is 34.8 Å². The Hall–Kier alpha value is -1.88. The summed E-state index contributed by atoms with van der Waals surface area (Å²) < 4.78 is 4.58. The fraction of sp³-hybridized carbons (Fsp3) is 0.357. The average molecular weight is 392 g/mol. The van der Waals surface area contributed by atoms with Crippen LogP contribution in [0, 0.1) is 17.2 Å². The minimum absolute atomic E-state index is 0.0964. The van der Waals surface area contributed by atoms with E-state index in [1.807, 2.05) is 5.32 Å². The maximum absolute atomic E-state index is 11.9. The first kappa shape index (κ1) is 20.2. The number of imide groups is 1. The van der Waals surface area contributed by atoms with Crippen LogP contribution in [-0.4, -0.2) is 24.6 Å². The predicted molar refractivity (Wildman–Crippen MR) is 89.7 cm³/mol. The van der Waals surface area contributed by atoms with E-state index in [0.717, 1.165) is 0 Å². The Bertz CT molecular complexity index is 680. The molecule has 0 aliphatic carbocycles. The molecule has 0 aromatic heterocycles. The van der Waals surface area contributed by atoms with Crippen molar-refractivity contribution in [2.75, 3.05) is 6.61 Å². The van der Waals surface area contributed by atoms with Crippen molar-refractivity contribution in [3.63, 3.8) is 0 Å². The van der Waals surface area contributed by atoms with Crippen molar-refractivity contribution in [3.05, 3.63) is 27.2 Å². The minimum atomic E-state index is -1.25. The van der Waals surface area contributed by atoms with E-state index in [0.29, 0.717) is 5.02 Å². The molecule has 1 aromatic rings. The van der Waals surface area contributed by atoms with Crippen molar-refractivity contribution in [2.45, 2.75) is 19.9 Å². The fourth-order valence-corrected chi connectivity index (χ4v) is 2.47. The van der Waals surface area contributed by atoms with Crippen molar-refractivity contribution < 1.29 is 14.3 Å². The number of ether oxygens (including phenoxy) is 1. The van der Waals surface area contributed by atoms with E-state index in [1.165, 1.54) is 19.1 Å². The van der Waals surface area contributed by atoms with E-state index in [-0.39, 0.29) is 22.3 Å². The van der Waals surface area contributed by atoms with E-state index in [2.05, 4.69) is 15.0 Å². The van der Waals surface area contributed by atoms with Gasteiger partial charge >= 0.3 is 6.09 Å². The van der Waals surface area contributed by atoms with Crippen molar-refractivity contribution in [3.8, 4) is 6.07 Å². The lowest BCUT2D eigenvalue weighted by Gasteiger charge is -2.12. The van der Waals surface area contributed by atoms with Crippen LogP contribution in [0.4, 0.5) is 10.5 Å². The largest absolute Gasteiger partial charge is 0.450 e. The highest BCUT2D eigenvalue weighted by Crippen LogP contribution is 2.36. The molecule has 1 N–H and O–H groups in total. The summed E-state index contributed by atoms with van der Waals surface area (Å²) in [5.74, 6) is -2.08. The second-order valence-corrected chi connectivity index (χ2v) is 5.74. The molecule has 128 valence electrons. The summed E-state index contributed by atoms with van der Waals surface area (Å²) in [6.45, 7) is 3.17. The van der Waals surface area contributed by atoms with Gasteiger partial charge in [-0.25, -0.2) is 4.79 Å². The molecule has 0 fully saturated rings. The number of nitrogens with zero attached hydrogens (tertiary/aromatic N) is 3. The number of nitrogens with one attached hydrogen (secondary N) is 1. The Labute approximate surface area is 153 Å². The van der Waals surface area contributed by atoms with Gasteiger partial charge in [0, 0.05) is 5.02 Å². The zero-order valence-electron chi connectivity index (χ0n) is 12.7. The molecule has 0 aliphatic rings. The maximum Gasteiger partial charge on any atom is 0.413 e. The highest BCUT2D eigenvalue weighted by atomic mass is 35.5. The quantitative estimate of drug-likeness (QED) is 0.744. The summed E-state index contributed by atoms with van der Waals surface area (Å²) in [6.07, 6.45) is -0.935. The number of carbonyl (C=O) groups is 2. The number of hydrogen-bond donors (Lipinski definition) is 1. The van der Waals surface area contributed by atoms with Crippen LogP contribution in [0.2, 0.25) is 15.1 Å². The van der Waals surface area contributed by atoms with E-state index in [4.69, 9.17) is 40.1 Å². The average Bonchev–Trinajstić information content (AvgIpc) is 2.46. The third-order valence-electron chi connectivity index (χ3n) is 2.73. The lowest BCUT2D eigenvalue weighted by Crippen LogP contribution is -2.39. The van der Waals surface area contributed by atoms with Gasteiger partial charge in [-0.15, -0.1) is 0 Å². The van der Waals surface area contributed by atoms with E-state index in [1.54, 1.807) is 13.0 Å². The van der Waals surface area contributed by atoms with Crippen molar-refractivity contribution in [2.24, 2.45) is 16.1 Å². The van der Waals surface area contributed by atoms with Crippen LogP contribution < -0.4 is 5.32 Å². The molecule has 0 spiro atoms. The molecule has 0 aliphatic heterocycles. The lowest BCUT2D eigenvalue weighted by atomic mass is 10.0. The number of amides is 2. The molecule has 2 unspecified atom stereocenters. The third kappa shape index (κ3) is 5.64. The van der Waals surface area contributed by atoms with Gasteiger partial charge in [-0.2, -0.15) is 15.5 Å². The zero-order chi connectivity index (χ0) is 18.3. The number of benzene rings is 1. The Morgan fingerprint density at radius 1 is 1.33 bits per heavy atom. The van der Waals surface area contributed by atoms with Gasteiger partial charge in [0.25, 0.3) is 0 Å².